The molecule has 1 heterocycles. The molecule has 0 spiro atoms. The largest absolute Gasteiger partial charge is 0.497 e. The molecule has 196 valence electrons. The van der Waals surface area contributed by atoms with E-state index in [0.717, 1.165) is 43.1 Å². The monoisotopic (exact) mass is 516 g/mol. The number of methoxy groups -OCH3 is 2. The molecule has 0 amide bonds. The van der Waals surface area contributed by atoms with E-state index in [1.165, 1.54) is 20.3 Å². The number of hydrazine groups is 1. The van der Waals surface area contributed by atoms with Gasteiger partial charge in [-0.05, 0) is 61.8 Å². The van der Waals surface area contributed by atoms with Crippen LogP contribution in [0.1, 0.15) is 33.1 Å². The zero-order valence-corrected chi connectivity index (χ0v) is 20.8. The Balaban J connectivity index is 0.00000361. The Morgan fingerprint density at radius 1 is 0.972 bits per heavy atom. The Kier molecular flexibility index (Phi) is 9.30. The van der Waals surface area contributed by atoms with E-state index in [-0.39, 0.29) is 24.0 Å². The predicted molar refractivity (Wildman–Crippen MR) is 143 cm³/mol. The fraction of sp³-hybridized carbons (Fsp3) is 0.440. The summed E-state index contributed by atoms with van der Waals surface area (Å²) in [6.07, 6.45) is 3.88. The number of nitrogens with two attached hydrogens (primary N) is 1. The first-order valence-corrected chi connectivity index (χ1v) is 13.1. The second kappa shape index (κ2) is 12.2. The number of nitrogen functional groups attached to an aromatic ring is 1. The third kappa shape index (κ3) is 6.34. The fourth-order valence-corrected chi connectivity index (χ4v) is 5.74. The van der Waals surface area contributed by atoms with Gasteiger partial charge in [-0.15, -0.1) is 0 Å². The minimum Gasteiger partial charge on any atom is -0.497 e. The second-order valence-corrected chi connectivity index (χ2v) is 10.4. The van der Waals surface area contributed by atoms with Gasteiger partial charge in [0.05, 0.1) is 19.7 Å². The summed E-state index contributed by atoms with van der Waals surface area (Å²) in [5, 5.41) is 4.21. The van der Waals surface area contributed by atoms with Crippen molar-refractivity contribution in [2.45, 2.75) is 38.0 Å². The summed E-state index contributed by atoms with van der Waals surface area (Å²) in [4.78, 5) is 9.14. The molecule has 3 aromatic rings. The molecule has 0 aliphatic heterocycles. The third-order valence-electron chi connectivity index (χ3n) is 6.48. The molecular formula is C25H36N6O4S. The molecule has 0 atom stereocenters. The highest BCUT2D eigenvalue weighted by Crippen LogP contribution is 2.31. The number of nitrogens with one attached hydrogen (secondary N) is 3. The Bertz CT molecular complexity index is 1260. The number of hydrogen-bond acceptors (Lipinski definition) is 9. The molecule has 1 aliphatic carbocycles. The van der Waals surface area contributed by atoms with E-state index < -0.39 is 10.0 Å². The van der Waals surface area contributed by atoms with Crippen molar-refractivity contribution in [3.8, 4) is 11.5 Å². The standard InChI is InChI=1S/C24H32N6O4S.CH4/c1-33-18-11-12-21(34-2)22(13-18)35(31,32)27-15-17-9-7-16(8-10-17)14-26-24-28-20-6-4-3-5-19(20)23(29-24)30-25;/h3-6,11-13,16-17,27H,7-10,14-15,25H2,1-2H3,(H2,26,28,29,30);1H4. The Hall–Kier alpha value is -3.15. The van der Waals surface area contributed by atoms with Crippen LogP contribution in [0.15, 0.2) is 47.4 Å². The molecule has 1 saturated carbocycles. The number of aromatic nitrogens is 2. The maximum Gasteiger partial charge on any atom is 0.244 e. The quantitative estimate of drug-likeness (QED) is 0.234. The van der Waals surface area contributed by atoms with Crippen LogP contribution in [0, 0.1) is 11.8 Å². The molecule has 0 unspecified atom stereocenters. The molecule has 2 aromatic carbocycles. The average molecular weight is 517 g/mol. The lowest BCUT2D eigenvalue weighted by atomic mass is 9.82. The molecular weight excluding hydrogens is 480 g/mol. The molecule has 1 fully saturated rings. The molecule has 0 saturated heterocycles. The van der Waals surface area contributed by atoms with Crippen LogP contribution in [0.5, 0.6) is 11.5 Å². The van der Waals surface area contributed by atoms with Crippen LogP contribution in [0.25, 0.3) is 10.9 Å². The lowest BCUT2D eigenvalue weighted by Gasteiger charge is -2.28. The normalized spacial score (nSPS) is 17.8. The van der Waals surface area contributed by atoms with Gasteiger partial charge in [-0.3, -0.25) is 0 Å². The summed E-state index contributed by atoms with van der Waals surface area (Å²) in [7, 11) is -0.770. The number of nitrogens with zero attached hydrogens (tertiary/aromatic N) is 2. The molecule has 36 heavy (non-hydrogen) atoms. The fourth-order valence-electron chi connectivity index (χ4n) is 4.44. The maximum atomic E-state index is 12.9. The van der Waals surface area contributed by atoms with Gasteiger partial charge in [-0.1, -0.05) is 19.6 Å². The van der Waals surface area contributed by atoms with Gasteiger partial charge in [0.2, 0.25) is 16.0 Å². The number of rotatable bonds is 10. The number of para-hydroxylation sites is 1. The number of sulfonamides is 1. The van der Waals surface area contributed by atoms with Gasteiger partial charge in [0.25, 0.3) is 0 Å². The van der Waals surface area contributed by atoms with Crippen LogP contribution in [0.2, 0.25) is 0 Å². The van der Waals surface area contributed by atoms with E-state index in [0.29, 0.717) is 30.0 Å². The first kappa shape index (κ1) is 27.4. The van der Waals surface area contributed by atoms with E-state index in [1.54, 1.807) is 12.1 Å². The highest BCUT2D eigenvalue weighted by atomic mass is 32.2. The van der Waals surface area contributed by atoms with Gasteiger partial charge in [-0.25, -0.2) is 24.0 Å². The lowest BCUT2D eigenvalue weighted by molar-refractivity contribution is 0.284. The minimum absolute atomic E-state index is 0. The smallest absolute Gasteiger partial charge is 0.244 e. The first-order chi connectivity index (χ1) is 16.9. The van der Waals surface area contributed by atoms with Crippen molar-refractivity contribution in [2.75, 3.05) is 38.1 Å². The van der Waals surface area contributed by atoms with Gasteiger partial charge in [0.1, 0.15) is 16.4 Å². The summed E-state index contributed by atoms with van der Waals surface area (Å²) < 4.78 is 39.0. The van der Waals surface area contributed by atoms with Gasteiger partial charge >= 0.3 is 0 Å². The van der Waals surface area contributed by atoms with Crippen LogP contribution in [-0.2, 0) is 10.0 Å². The zero-order valence-electron chi connectivity index (χ0n) is 20.0. The molecule has 5 N–H and O–H groups in total. The van der Waals surface area contributed by atoms with Crippen LogP contribution in [0.4, 0.5) is 11.8 Å². The van der Waals surface area contributed by atoms with Crippen LogP contribution in [-0.4, -0.2) is 45.7 Å². The maximum absolute atomic E-state index is 12.9. The zero-order chi connectivity index (χ0) is 24.8. The molecule has 1 aliphatic rings. The average Bonchev–Trinajstić information content (AvgIpc) is 2.90. The van der Waals surface area contributed by atoms with Crippen LogP contribution >= 0.6 is 0 Å². The van der Waals surface area contributed by atoms with E-state index in [4.69, 9.17) is 15.3 Å². The lowest BCUT2D eigenvalue weighted by Crippen LogP contribution is -2.32. The van der Waals surface area contributed by atoms with Crippen molar-refractivity contribution >= 4 is 32.7 Å². The highest BCUT2D eigenvalue weighted by Gasteiger charge is 2.25. The first-order valence-electron chi connectivity index (χ1n) is 11.6. The Morgan fingerprint density at radius 2 is 1.67 bits per heavy atom. The molecule has 4 rings (SSSR count). The van der Waals surface area contributed by atoms with Crippen molar-refractivity contribution in [3.63, 3.8) is 0 Å². The molecule has 0 radical (unpaired) electrons. The summed E-state index contributed by atoms with van der Waals surface area (Å²) >= 11 is 0. The predicted octanol–water partition coefficient (Wildman–Crippen LogP) is 3.77. The van der Waals surface area contributed by atoms with Crippen molar-refractivity contribution in [1.29, 1.82) is 0 Å². The van der Waals surface area contributed by atoms with Crippen molar-refractivity contribution in [1.82, 2.24) is 14.7 Å². The van der Waals surface area contributed by atoms with Crippen LogP contribution < -0.4 is 30.8 Å². The summed E-state index contributed by atoms with van der Waals surface area (Å²) in [5.41, 5.74) is 3.46. The second-order valence-electron chi connectivity index (χ2n) is 8.69. The molecule has 10 nitrogen and oxygen atoms in total. The Labute approximate surface area is 213 Å². The summed E-state index contributed by atoms with van der Waals surface area (Å²) in [6.45, 7) is 1.14. The third-order valence-corrected chi connectivity index (χ3v) is 7.92. The number of hydrogen-bond donors (Lipinski definition) is 4. The van der Waals surface area contributed by atoms with Gasteiger partial charge in [-0.2, -0.15) is 4.98 Å². The number of benzene rings is 2. The van der Waals surface area contributed by atoms with Gasteiger partial charge < -0.3 is 20.2 Å². The number of ether oxygens (including phenoxy) is 2. The highest BCUT2D eigenvalue weighted by molar-refractivity contribution is 7.89. The van der Waals surface area contributed by atoms with Crippen molar-refractivity contribution < 1.29 is 17.9 Å². The van der Waals surface area contributed by atoms with Crippen molar-refractivity contribution in [2.24, 2.45) is 17.7 Å². The molecule has 0 bridgehead atoms. The summed E-state index contributed by atoms with van der Waals surface area (Å²) in [6, 6.07) is 12.4. The van der Waals surface area contributed by atoms with E-state index in [2.05, 4.69) is 25.4 Å². The number of anilines is 2. The topological polar surface area (TPSA) is 140 Å². The van der Waals surface area contributed by atoms with Gasteiger partial charge in [0.15, 0.2) is 5.82 Å². The minimum atomic E-state index is -3.72. The van der Waals surface area contributed by atoms with E-state index >= 15 is 0 Å². The molecule has 1 aromatic heterocycles. The van der Waals surface area contributed by atoms with Gasteiger partial charge in [0, 0.05) is 24.5 Å². The van der Waals surface area contributed by atoms with E-state index in [9.17, 15) is 8.42 Å². The van der Waals surface area contributed by atoms with E-state index in [1.807, 2.05) is 24.3 Å². The Morgan fingerprint density at radius 3 is 2.33 bits per heavy atom. The van der Waals surface area contributed by atoms with Crippen LogP contribution in [0.3, 0.4) is 0 Å². The van der Waals surface area contributed by atoms with Crippen molar-refractivity contribution in [3.05, 3.63) is 42.5 Å². The number of fused-ring (bicyclic) bond motifs is 1. The SMILES string of the molecule is C.COc1ccc(OC)c(S(=O)(=O)NCC2CCC(CNc3nc(NN)c4ccccc4n3)CC2)c1. The molecule has 11 heteroatoms. The summed E-state index contributed by atoms with van der Waals surface area (Å²) in [5.74, 6) is 8.26.